The Morgan fingerprint density at radius 2 is 1.71 bits per heavy atom. The van der Waals surface area contributed by atoms with E-state index in [1.165, 1.54) is 6.42 Å². The molecular weight excluding hydrogens is 352 g/mol. The predicted molar refractivity (Wildman–Crippen MR) is 110 cm³/mol. The van der Waals surface area contributed by atoms with E-state index >= 15 is 0 Å². The van der Waals surface area contributed by atoms with Crippen molar-refractivity contribution in [2.45, 2.75) is 91.1 Å². The Hall–Kier alpha value is -1.85. The number of hydrogen-bond acceptors (Lipinski definition) is 3. The van der Waals surface area contributed by atoms with Crippen LogP contribution in [0.1, 0.15) is 95.1 Å². The van der Waals surface area contributed by atoms with Crippen molar-refractivity contribution in [1.82, 2.24) is 20.0 Å². The Morgan fingerprint density at radius 3 is 2.29 bits per heavy atom. The molecule has 2 aliphatic heterocycles. The quantitative estimate of drug-likeness (QED) is 0.852. The van der Waals surface area contributed by atoms with Gasteiger partial charge in [0, 0.05) is 37.5 Å². The molecule has 6 heteroatoms. The monoisotopic (exact) mass is 388 g/mol. The molecule has 0 aromatic carbocycles. The first-order valence-corrected chi connectivity index (χ1v) is 10.8. The average Bonchev–Trinajstić information content (AvgIpc) is 3.10. The van der Waals surface area contributed by atoms with Gasteiger partial charge in [-0.05, 0) is 51.4 Å². The number of aromatic amines is 1. The van der Waals surface area contributed by atoms with Gasteiger partial charge in [0.1, 0.15) is 0 Å². The molecule has 2 amide bonds. The molecule has 0 unspecified atom stereocenters. The van der Waals surface area contributed by atoms with Crippen LogP contribution in [0.4, 0.5) is 0 Å². The summed E-state index contributed by atoms with van der Waals surface area (Å²) < 4.78 is 0. The zero-order valence-corrected chi connectivity index (χ0v) is 18.1. The van der Waals surface area contributed by atoms with Gasteiger partial charge < -0.3 is 9.80 Å². The Balaban J connectivity index is 1.66. The summed E-state index contributed by atoms with van der Waals surface area (Å²) in [5.41, 5.74) is 1.69. The Kier molecular flexibility index (Phi) is 6.15. The lowest BCUT2D eigenvalue weighted by Crippen LogP contribution is -2.47. The van der Waals surface area contributed by atoms with Crippen molar-refractivity contribution in [3.05, 3.63) is 17.5 Å². The Morgan fingerprint density at radius 1 is 1.11 bits per heavy atom. The highest BCUT2D eigenvalue weighted by molar-refractivity contribution is 5.95. The fourth-order valence-electron chi connectivity index (χ4n) is 4.72. The number of nitrogens with one attached hydrogen (secondary N) is 1. The second-order valence-corrected chi connectivity index (χ2v) is 9.93. The molecule has 1 N–H and O–H groups in total. The number of carbonyl (C=O) groups is 2. The Labute approximate surface area is 169 Å². The lowest BCUT2D eigenvalue weighted by atomic mass is 9.88. The topological polar surface area (TPSA) is 69.3 Å². The molecule has 0 radical (unpaired) electrons. The molecular formula is C22H36N4O2. The molecule has 2 fully saturated rings. The molecule has 156 valence electrons. The Bertz CT molecular complexity index is 688. The fourth-order valence-corrected chi connectivity index (χ4v) is 4.72. The third-order valence-corrected chi connectivity index (χ3v) is 6.26. The second-order valence-electron chi connectivity index (χ2n) is 9.93. The molecule has 28 heavy (non-hydrogen) atoms. The van der Waals surface area contributed by atoms with Crippen LogP contribution in [0, 0.1) is 5.41 Å². The van der Waals surface area contributed by atoms with Crippen molar-refractivity contribution in [3.63, 3.8) is 0 Å². The lowest BCUT2D eigenvalue weighted by Gasteiger charge is -2.39. The van der Waals surface area contributed by atoms with Crippen LogP contribution >= 0.6 is 0 Å². The van der Waals surface area contributed by atoms with E-state index in [0.29, 0.717) is 6.42 Å². The van der Waals surface area contributed by atoms with Crippen LogP contribution < -0.4 is 0 Å². The number of H-pyrrole nitrogens is 1. The summed E-state index contributed by atoms with van der Waals surface area (Å²) in [4.78, 5) is 29.8. The van der Waals surface area contributed by atoms with Crippen LogP contribution in [0.2, 0.25) is 0 Å². The van der Waals surface area contributed by atoms with Crippen LogP contribution in [0.5, 0.6) is 0 Å². The van der Waals surface area contributed by atoms with E-state index < -0.39 is 0 Å². The number of amides is 2. The zero-order valence-electron chi connectivity index (χ0n) is 18.1. The van der Waals surface area contributed by atoms with Crippen molar-refractivity contribution >= 4 is 11.8 Å². The third-order valence-electron chi connectivity index (χ3n) is 6.26. The number of rotatable bonds is 3. The van der Waals surface area contributed by atoms with E-state index in [1.807, 2.05) is 9.80 Å². The number of likely N-dealkylation sites (tertiary alicyclic amines) is 2. The maximum absolute atomic E-state index is 13.3. The summed E-state index contributed by atoms with van der Waals surface area (Å²) in [5, 5.41) is 7.32. The molecule has 0 aliphatic carbocycles. The van der Waals surface area contributed by atoms with E-state index in [-0.39, 0.29) is 35.2 Å². The van der Waals surface area contributed by atoms with Crippen LogP contribution in [0.3, 0.4) is 0 Å². The number of nitrogens with zero attached hydrogens (tertiary/aromatic N) is 3. The first-order chi connectivity index (χ1) is 13.2. The summed E-state index contributed by atoms with van der Waals surface area (Å²) in [5.74, 6) is 0.605. The molecule has 3 rings (SSSR count). The van der Waals surface area contributed by atoms with E-state index in [1.54, 1.807) is 6.20 Å². The van der Waals surface area contributed by atoms with Crippen LogP contribution in [-0.2, 0) is 4.79 Å². The van der Waals surface area contributed by atoms with Gasteiger partial charge >= 0.3 is 0 Å². The van der Waals surface area contributed by atoms with Gasteiger partial charge in [-0.2, -0.15) is 5.10 Å². The van der Waals surface area contributed by atoms with Crippen molar-refractivity contribution in [2.75, 3.05) is 13.1 Å². The van der Waals surface area contributed by atoms with Crippen molar-refractivity contribution in [1.29, 1.82) is 0 Å². The molecule has 0 saturated carbocycles. The minimum absolute atomic E-state index is 0.0126. The SMILES string of the molecule is C[C@@H]1CCC[C@H](C)N1C(=O)c1cn[nH]c1C1CCN(C(=O)CC(C)(C)C)CC1. The molecule has 0 spiro atoms. The van der Waals surface area contributed by atoms with Crippen LogP contribution in [0.15, 0.2) is 6.20 Å². The third kappa shape index (κ3) is 4.58. The molecule has 6 nitrogen and oxygen atoms in total. The maximum Gasteiger partial charge on any atom is 0.257 e. The molecule has 0 bridgehead atoms. The minimum atomic E-state index is 0.0126. The number of piperidine rings is 2. The number of aromatic nitrogens is 2. The van der Waals surface area contributed by atoms with E-state index in [0.717, 1.165) is 50.0 Å². The highest BCUT2D eigenvalue weighted by Crippen LogP contribution is 2.32. The molecule has 1 aromatic heterocycles. The van der Waals surface area contributed by atoms with Crippen molar-refractivity contribution in [3.8, 4) is 0 Å². The summed E-state index contributed by atoms with van der Waals surface area (Å²) >= 11 is 0. The van der Waals surface area contributed by atoms with Gasteiger partial charge in [0.2, 0.25) is 5.91 Å². The van der Waals surface area contributed by atoms with Gasteiger partial charge in [-0.25, -0.2) is 0 Å². The molecule has 2 aliphatic rings. The van der Waals surface area contributed by atoms with Crippen LogP contribution in [-0.4, -0.2) is 57.0 Å². The molecule has 2 saturated heterocycles. The molecule has 2 atom stereocenters. The van der Waals surface area contributed by atoms with Crippen molar-refractivity contribution < 1.29 is 9.59 Å². The highest BCUT2D eigenvalue weighted by Gasteiger charge is 2.34. The maximum atomic E-state index is 13.3. The smallest absolute Gasteiger partial charge is 0.257 e. The standard InChI is InChI=1S/C22H36N4O2/c1-15-7-6-8-16(2)26(15)21(28)18-14-23-24-20(18)17-9-11-25(12-10-17)19(27)13-22(3,4)5/h14-17H,6-13H2,1-5H3,(H,23,24)/t15-,16+. The van der Waals surface area contributed by atoms with E-state index in [9.17, 15) is 9.59 Å². The van der Waals surface area contributed by atoms with E-state index in [2.05, 4.69) is 44.8 Å². The number of hydrogen-bond donors (Lipinski definition) is 1. The predicted octanol–water partition coefficient (Wildman–Crippen LogP) is 3.96. The van der Waals surface area contributed by atoms with Gasteiger partial charge in [-0.15, -0.1) is 0 Å². The minimum Gasteiger partial charge on any atom is -0.343 e. The largest absolute Gasteiger partial charge is 0.343 e. The lowest BCUT2D eigenvalue weighted by molar-refractivity contribution is -0.134. The summed E-state index contributed by atoms with van der Waals surface area (Å²) in [6, 6.07) is 0.548. The van der Waals surface area contributed by atoms with Gasteiger partial charge in [-0.3, -0.25) is 14.7 Å². The molecule has 1 aromatic rings. The first-order valence-electron chi connectivity index (χ1n) is 10.8. The van der Waals surface area contributed by atoms with Crippen molar-refractivity contribution in [2.24, 2.45) is 5.41 Å². The second kappa shape index (κ2) is 8.26. The van der Waals surface area contributed by atoms with Gasteiger partial charge in [0.25, 0.3) is 5.91 Å². The highest BCUT2D eigenvalue weighted by atomic mass is 16.2. The van der Waals surface area contributed by atoms with Gasteiger partial charge in [-0.1, -0.05) is 20.8 Å². The summed E-state index contributed by atoms with van der Waals surface area (Å²) in [7, 11) is 0. The fraction of sp³-hybridized carbons (Fsp3) is 0.773. The average molecular weight is 389 g/mol. The van der Waals surface area contributed by atoms with Gasteiger partial charge in [0.15, 0.2) is 0 Å². The molecule has 3 heterocycles. The normalized spacial score (nSPS) is 24.5. The summed E-state index contributed by atoms with van der Waals surface area (Å²) in [6.45, 7) is 12.1. The number of carbonyl (C=O) groups excluding carboxylic acids is 2. The first kappa shape index (κ1) is 20.9. The zero-order chi connectivity index (χ0) is 20.5. The van der Waals surface area contributed by atoms with Crippen LogP contribution in [0.25, 0.3) is 0 Å². The van der Waals surface area contributed by atoms with E-state index in [4.69, 9.17) is 0 Å². The van der Waals surface area contributed by atoms with Gasteiger partial charge in [0.05, 0.1) is 17.5 Å². The summed E-state index contributed by atoms with van der Waals surface area (Å²) in [6.07, 6.45) is 7.35.